The van der Waals surface area contributed by atoms with Crippen LogP contribution in [0, 0.1) is 0 Å². The molecule has 18 heavy (non-hydrogen) atoms. The first-order chi connectivity index (χ1) is 8.14. The number of rotatable bonds is 3. The van der Waals surface area contributed by atoms with E-state index in [0.29, 0.717) is 12.5 Å². The number of nitrogens with two attached hydrogens (primary N) is 1. The Hall–Kier alpha value is 0.500. The molecule has 1 unspecified atom stereocenters. The Bertz CT molecular complexity index is 328. The highest BCUT2D eigenvalue weighted by Gasteiger charge is 2.40. The van der Waals surface area contributed by atoms with E-state index >= 15 is 0 Å². The molecule has 0 radical (unpaired) electrons. The van der Waals surface area contributed by atoms with E-state index in [-0.39, 0.29) is 28.7 Å². The second kappa shape index (κ2) is 7.33. The van der Waals surface area contributed by atoms with Crippen molar-refractivity contribution in [3.05, 3.63) is 0 Å². The van der Waals surface area contributed by atoms with E-state index < -0.39 is 10.8 Å². The number of thioether (sulfide) groups is 1. The second-order valence-electron chi connectivity index (χ2n) is 4.76. The monoisotopic (exact) mass is 403 g/mol. The molecule has 1 heterocycles. The summed E-state index contributed by atoms with van der Waals surface area (Å²) in [6, 6.07) is 0. The minimum atomic E-state index is -0.789. The van der Waals surface area contributed by atoms with Gasteiger partial charge in [0.05, 0.1) is 11.3 Å². The fraction of sp³-hybridized carbons (Fsp3) is 0.909. The molecule has 0 amide bonds. The zero-order valence-corrected chi connectivity index (χ0v) is 14.7. The molecule has 1 aliphatic heterocycles. The third kappa shape index (κ3) is 3.75. The molecule has 2 N–H and O–H groups in total. The smallest absolute Gasteiger partial charge is 0.191 e. The SMILES string of the molecule is CS(=O)C1(CN=C(N)N2CCSCC2)CCC1.I. The van der Waals surface area contributed by atoms with Crippen LogP contribution in [0.4, 0.5) is 0 Å². The van der Waals surface area contributed by atoms with Gasteiger partial charge in [-0.25, -0.2) is 0 Å². The van der Waals surface area contributed by atoms with Gasteiger partial charge >= 0.3 is 0 Å². The van der Waals surface area contributed by atoms with Gasteiger partial charge in [0.25, 0.3) is 0 Å². The molecule has 7 heteroatoms. The number of hydrogen-bond acceptors (Lipinski definition) is 3. The molecular weight excluding hydrogens is 381 g/mol. The highest BCUT2D eigenvalue weighted by molar-refractivity contribution is 14.0. The Labute approximate surface area is 133 Å². The fourth-order valence-electron chi connectivity index (χ4n) is 2.23. The van der Waals surface area contributed by atoms with Crippen LogP contribution in [0.3, 0.4) is 0 Å². The van der Waals surface area contributed by atoms with Crippen molar-refractivity contribution >= 4 is 52.5 Å². The van der Waals surface area contributed by atoms with Gasteiger partial charge in [-0.1, -0.05) is 6.42 Å². The Balaban J connectivity index is 0.00000162. The molecule has 1 saturated heterocycles. The van der Waals surface area contributed by atoms with Crippen LogP contribution in [-0.2, 0) is 10.8 Å². The topological polar surface area (TPSA) is 58.7 Å². The first-order valence-electron chi connectivity index (χ1n) is 6.10. The zero-order chi connectivity index (χ0) is 12.3. The fourth-order valence-corrected chi connectivity index (χ4v) is 4.24. The molecule has 0 aromatic rings. The standard InChI is InChI=1S/C11H21N3OS2.HI/c1-17(15)11(3-2-4-11)9-13-10(12)14-5-7-16-8-6-14;/h2-9H2,1H3,(H2,12,13);1H. The van der Waals surface area contributed by atoms with Crippen molar-refractivity contribution in [1.82, 2.24) is 4.90 Å². The van der Waals surface area contributed by atoms with Gasteiger partial charge in [-0.05, 0) is 12.8 Å². The average molecular weight is 403 g/mol. The Kier molecular flexibility index (Phi) is 6.74. The van der Waals surface area contributed by atoms with Crippen LogP contribution in [0.1, 0.15) is 19.3 Å². The lowest BCUT2D eigenvalue weighted by molar-refractivity contribution is 0.358. The van der Waals surface area contributed by atoms with E-state index in [4.69, 9.17) is 5.73 Å². The summed E-state index contributed by atoms with van der Waals surface area (Å²) >= 11 is 1.96. The third-order valence-corrected chi connectivity index (χ3v) is 6.44. The number of nitrogens with zero attached hydrogens (tertiary/aromatic N) is 2. The predicted octanol–water partition coefficient (Wildman–Crippen LogP) is 1.27. The molecule has 2 aliphatic rings. The normalized spacial score (nSPS) is 24.9. The van der Waals surface area contributed by atoms with E-state index in [1.54, 1.807) is 6.26 Å². The van der Waals surface area contributed by atoms with Gasteiger partial charge in [-0.3, -0.25) is 9.20 Å². The number of hydrogen-bond donors (Lipinski definition) is 1. The van der Waals surface area contributed by atoms with Gasteiger partial charge in [0.15, 0.2) is 5.96 Å². The van der Waals surface area contributed by atoms with E-state index in [2.05, 4.69) is 9.89 Å². The van der Waals surface area contributed by atoms with Crippen LogP contribution in [0.25, 0.3) is 0 Å². The lowest BCUT2D eigenvalue weighted by Gasteiger charge is -2.38. The first kappa shape index (κ1) is 16.6. The summed E-state index contributed by atoms with van der Waals surface area (Å²) in [6.45, 7) is 2.61. The van der Waals surface area contributed by atoms with Crippen LogP contribution in [0.15, 0.2) is 4.99 Å². The minimum Gasteiger partial charge on any atom is -0.370 e. The van der Waals surface area contributed by atoms with Gasteiger partial charge in [0.1, 0.15) is 0 Å². The van der Waals surface area contributed by atoms with Crippen molar-refractivity contribution in [1.29, 1.82) is 0 Å². The Morgan fingerprint density at radius 2 is 2.06 bits per heavy atom. The quantitative estimate of drug-likeness (QED) is 0.438. The summed E-state index contributed by atoms with van der Waals surface area (Å²) < 4.78 is 11.6. The van der Waals surface area contributed by atoms with Crippen molar-refractivity contribution in [2.45, 2.75) is 24.0 Å². The van der Waals surface area contributed by atoms with Gasteiger partial charge < -0.3 is 10.6 Å². The Morgan fingerprint density at radius 1 is 1.44 bits per heavy atom. The van der Waals surface area contributed by atoms with Crippen molar-refractivity contribution < 1.29 is 4.21 Å². The molecule has 2 fully saturated rings. The molecule has 0 bridgehead atoms. The third-order valence-electron chi connectivity index (χ3n) is 3.74. The molecule has 0 aromatic heterocycles. The largest absolute Gasteiger partial charge is 0.370 e. The molecule has 2 rings (SSSR count). The molecule has 4 nitrogen and oxygen atoms in total. The number of halogens is 1. The average Bonchev–Trinajstić information content (AvgIpc) is 2.28. The molecule has 0 aromatic carbocycles. The van der Waals surface area contributed by atoms with Crippen LogP contribution >= 0.6 is 35.7 Å². The lowest BCUT2D eigenvalue weighted by atomic mass is 9.84. The van der Waals surface area contributed by atoms with E-state index in [9.17, 15) is 4.21 Å². The van der Waals surface area contributed by atoms with Crippen LogP contribution in [-0.4, -0.2) is 57.2 Å². The van der Waals surface area contributed by atoms with Crippen molar-refractivity contribution in [3.8, 4) is 0 Å². The molecule has 1 aliphatic carbocycles. The summed E-state index contributed by atoms with van der Waals surface area (Å²) in [4.78, 5) is 6.62. The van der Waals surface area contributed by atoms with E-state index in [0.717, 1.165) is 37.4 Å². The van der Waals surface area contributed by atoms with Gasteiger partial charge in [-0.15, -0.1) is 24.0 Å². The molecule has 1 saturated carbocycles. The van der Waals surface area contributed by atoms with Gasteiger partial charge in [0.2, 0.25) is 0 Å². The maximum atomic E-state index is 11.7. The maximum Gasteiger partial charge on any atom is 0.191 e. The Morgan fingerprint density at radius 3 is 2.50 bits per heavy atom. The van der Waals surface area contributed by atoms with E-state index in [1.807, 2.05) is 11.8 Å². The van der Waals surface area contributed by atoms with Crippen LogP contribution in [0.5, 0.6) is 0 Å². The minimum absolute atomic E-state index is 0. The number of guanidine groups is 1. The molecule has 106 valence electrons. The molecule has 0 spiro atoms. The van der Waals surface area contributed by atoms with Gasteiger partial charge in [-0.2, -0.15) is 11.8 Å². The summed E-state index contributed by atoms with van der Waals surface area (Å²) in [5.41, 5.74) is 6.00. The van der Waals surface area contributed by atoms with Crippen molar-refractivity contribution in [2.75, 3.05) is 37.4 Å². The zero-order valence-electron chi connectivity index (χ0n) is 10.8. The molecule has 1 atom stereocenters. The van der Waals surface area contributed by atoms with Crippen molar-refractivity contribution in [2.24, 2.45) is 10.7 Å². The summed E-state index contributed by atoms with van der Waals surface area (Å²) in [5.74, 6) is 2.89. The predicted molar refractivity (Wildman–Crippen MR) is 91.5 cm³/mol. The highest BCUT2D eigenvalue weighted by atomic mass is 127. The van der Waals surface area contributed by atoms with Gasteiger partial charge in [0, 0.05) is 41.7 Å². The first-order valence-corrected chi connectivity index (χ1v) is 8.81. The van der Waals surface area contributed by atoms with Crippen molar-refractivity contribution in [3.63, 3.8) is 0 Å². The summed E-state index contributed by atoms with van der Waals surface area (Å²) in [6.07, 6.45) is 5.03. The summed E-state index contributed by atoms with van der Waals surface area (Å²) in [5, 5.41) is 0. The lowest BCUT2D eigenvalue weighted by Crippen LogP contribution is -2.47. The maximum absolute atomic E-state index is 11.7. The number of aliphatic imine (C=N–C) groups is 1. The van der Waals surface area contributed by atoms with E-state index in [1.165, 1.54) is 6.42 Å². The highest BCUT2D eigenvalue weighted by Crippen LogP contribution is 2.37. The summed E-state index contributed by atoms with van der Waals surface area (Å²) in [7, 11) is -0.789. The molecular formula is C11H22IN3OS2. The second-order valence-corrected chi connectivity index (χ2v) is 7.76. The van der Waals surface area contributed by atoms with Crippen LogP contribution < -0.4 is 5.73 Å². The van der Waals surface area contributed by atoms with Crippen LogP contribution in [0.2, 0.25) is 0 Å².